The number of amides is 1. The molecule has 0 aliphatic heterocycles. The predicted octanol–water partition coefficient (Wildman–Crippen LogP) is 3.07. The standard InChI is InChI=1S/C18H17NO4/c1-2-17(21)23-12-16(20)13-8-10-15(11-9-13)19-18(22)14-6-4-3-5-7-14/h3-11H,2,12H2,1H3,(H,19,22). The lowest BCUT2D eigenvalue weighted by Crippen LogP contribution is -2.14. The van der Waals surface area contributed by atoms with Crippen LogP contribution >= 0.6 is 0 Å². The van der Waals surface area contributed by atoms with E-state index in [-0.39, 0.29) is 24.7 Å². The van der Waals surface area contributed by atoms with Gasteiger partial charge in [-0.25, -0.2) is 0 Å². The molecule has 2 rings (SSSR count). The Labute approximate surface area is 134 Å². The van der Waals surface area contributed by atoms with Gasteiger partial charge in [0.25, 0.3) is 5.91 Å². The fourth-order valence-corrected chi connectivity index (χ4v) is 1.86. The van der Waals surface area contributed by atoms with Crippen LogP contribution in [0.4, 0.5) is 5.69 Å². The van der Waals surface area contributed by atoms with Gasteiger partial charge in [-0.1, -0.05) is 25.1 Å². The number of carbonyl (C=O) groups is 3. The summed E-state index contributed by atoms with van der Waals surface area (Å²) in [5.74, 6) is -0.917. The molecule has 0 aliphatic carbocycles. The van der Waals surface area contributed by atoms with Crippen LogP contribution in [0.1, 0.15) is 34.1 Å². The Bertz CT molecular complexity index is 693. The van der Waals surface area contributed by atoms with Crippen LogP contribution in [0.2, 0.25) is 0 Å². The second-order valence-corrected chi connectivity index (χ2v) is 4.83. The van der Waals surface area contributed by atoms with Crippen molar-refractivity contribution < 1.29 is 19.1 Å². The second kappa shape index (κ2) is 7.89. The fraction of sp³-hybridized carbons (Fsp3) is 0.167. The molecule has 2 aromatic rings. The van der Waals surface area contributed by atoms with Crippen molar-refractivity contribution in [1.29, 1.82) is 0 Å². The zero-order valence-electron chi connectivity index (χ0n) is 12.7. The molecule has 0 radical (unpaired) electrons. The molecular weight excluding hydrogens is 294 g/mol. The molecule has 5 heteroatoms. The largest absolute Gasteiger partial charge is 0.457 e. The molecule has 2 aromatic carbocycles. The number of anilines is 1. The maximum absolute atomic E-state index is 12.0. The first-order valence-electron chi connectivity index (χ1n) is 7.25. The topological polar surface area (TPSA) is 72.5 Å². The third-order valence-electron chi connectivity index (χ3n) is 3.15. The van der Waals surface area contributed by atoms with Gasteiger partial charge in [0.05, 0.1) is 0 Å². The van der Waals surface area contributed by atoms with Crippen molar-refractivity contribution in [2.45, 2.75) is 13.3 Å². The summed E-state index contributed by atoms with van der Waals surface area (Å²) in [6.45, 7) is 1.39. The fourth-order valence-electron chi connectivity index (χ4n) is 1.86. The highest BCUT2D eigenvalue weighted by Crippen LogP contribution is 2.12. The van der Waals surface area contributed by atoms with E-state index < -0.39 is 5.97 Å². The molecule has 0 saturated heterocycles. The normalized spacial score (nSPS) is 9.96. The van der Waals surface area contributed by atoms with E-state index in [9.17, 15) is 14.4 Å². The molecule has 0 saturated carbocycles. The van der Waals surface area contributed by atoms with Gasteiger partial charge in [-0.2, -0.15) is 0 Å². The van der Waals surface area contributed by atoms with Gasteiger partial charge in [-0.05, 0) is 36.4 Å². The average molecular weight is 311 g/mol. The van der Waals surface area contributed by atoms with Crippen LogP contribution in [-0.2, 0) is 9.53 Å². The first-order chi connectivity index (χ1) is 11.1. The monoisotopic (exact) mass is 311 g/mol. The van der Waals surface area contributed by atoms with Crippen molar-refractivity contribution in [3.05, 3.63) is 65.7 Å². The van der Waals surface area contributed by atoms with Crippen molar-refractivity contribution in [1.82, 2.24) is 0 Å². The summed E-state index contributed by atoms with van der Waals surface area (Å²) in [6, 6.07) is 15.3. The highest BCUT2D eigenvalue weighted by molar-refractivity contribution is 6.04. The first kappa shape index (κ1) is 16.4. The minimum absolute atomic E-state index is 0.221. The van der Waals surface area contributed by atoms with Crippen LogP contribution < -0.4 is 5.32 Å². The summed E-state index contributed by atoms with van der Waals surface area (Å²) in [5.41, 5.74) is 1.56. The van der Waals surface area contributed by atoms with Crippen molar-refractivity contribution in [3.63, 3.8) is 0 Å². The van der Waals surface area contributed by atoms with E-state index in [2.05, 4.69) is 5.32 Å². The van der Waals surface area contributed by atoms with Crippen LogP contribution in [0.15, 0.2) is 54.6 Å². The molecule has 0 bridgehead atoms. The van der Waals surface area contributed by atoms with Gasteiger partial charge < -0.3 is 10.1 Å². The van der Waals surface area contributed by atoms with Gasteiger partial charge in [0, 0.05) is 23.2 Å². The second-order valence-electron chi connectivity index (χ2n) is 4.83. The van der Waals surface area contributed by atoms with E-state index in [0.29, 0.717) is 16.8 Å². The van der Waals surface area contributed by atoms with Gasteiger partial charge in [-0.15, -0.1) is 0 Å². The van der Waals surface area contributed by atoms with Gasteiger partial charge in [0.15, 0.2) is 12.4 Å². The maximum Gasteiger partial charge on any atom is 0.305 e. The van der Waals surface area contributed by atoms with Crippen molar-refractivity contribution >= 4 is 23.3 Å². The third kappa shape index (κ3) is 4.78. The first-order valence-corrected chi connectivity index (χ1v) is 7.25. The molecule has 118 valence electrons. The molecule has 0 heterocycles. The van der Waals surface area contributed by atoms with Crippen molar-refractivity contribution in [2.75, 3.05) is 11.9 Å². The van der Waals surface area contributed by atoms with E-state index in [1.165, 1.54) is 0 Å². The molecule has 0 atom stereocenters. The number of ketones is 1. The molecule has 0 aliphatic rings. The van der Waals surface area contributed by atoms with Gasteiger partial charge >= 0.3 is 5.97 Å². The van der Waals surface area contributed by atoms with Gasteiger partial charge in [0.2, 0.25) is 0 Å². The number of esters is 1. The summed E-state index contributed by atoms with van der Waals surface area (Å²) in [7, 11) is 0. The quantitative estimate of drug-likeness (QED) is 0.657. The summed E-state index contributed by atoms with van der Waals surface area (Å²) in [6.07, 6.45) is 0.234. The van der Waals surface area contributed by atoms with Crippen molar-refractivity contribution in [2.24, 2.45) is 0 Å². The number of nitrogens with one attached hydrogen (secondary N) is 1. The number of benzene rings is 2. The van der Waals surface area contributed by atoms with E-state index in [1.54, 1.807) is 55.5 Å². The molecule has 1 N–H and O–H groups in total. The minimum Gasteiger partial charge on any atom is -0.457 e. The molecule has 0 spiro atoms. The summed E-state index contributed by atoms with van der Waals surface area (Å²) in [4.78, 5) is 34.9. The molecular formula is C18H17NO4. The third-order valence-corrected chi connectivity index (χ3v) is 3.15. The van der Waals surface area contributed by atoms with E-state index >= 15 is 0 Å². The molecule has 1 amide bonds. The SMILES string of the molecule is CCC(=O)OCC(=O)c1ccc(NC(=O)c2ccccc2)cc1. The highest BCUT2D eigenvalue weighted by Gasteiger charge is 2.10. The number of hydrogen-bond acceptors (Lipinski definition) is 4. The smallest absolute Gasteiger partial charge is 0.305 e. The molecule has 0 fully saturated rings. The lowest BCUT2D eigenvalue weighted by atomic mass is 10.1. The summed E-state index contributed by atoms with van der Waals surface area (Å²) < 4.78 is 4.80. The number of rotatable bonds is 6. The Morgan fingerprint density at radius 1 is 0.913 bits per heavy atom. The molecule has 5 nitrogen and oxygen atoms in total. The lowest BCUT2D eigenvalue weighted by molar-refractivity contribution is -0.142. The Kier molecular flexibility index (Phi) is 5.63. The van der Waals surface area contributed by atoms with Crippen LogP contribution in [0.5, 0.6) is 0 Å². The van der Waals surface area contributed by atoms with E-state index in [4.69, 9.17) is 4.74 Å². The van der Waals surface area contributed by atoms with Gasteiger partial charge in [-0.3, -0.25) is 14.4 Å². The Balaban J connectivity index is 1.95. The van der Waals surface area contributed by atoms with Crippen LogP contribution in [0.3, 0.4) is 0 Å². The van der Waals surface area contributed by atoms with E-state index in [1.807, 2.05) is 6.07 Å². The number of hydrogen-bond donors (Lipinski definition) is 1. The summed E-state index contributed by atoms with van der Waals surface area (Å²) in [5, 5.41) is 2.75. The number of Topliss-reactive ketones (excluding diaryl/α,β-unsaturated/α-hetero) is 1. The van der Waals surface area contributed by atoms with Crippen LogP contribution in [0, 0.1) is 0 Å². The van der Waals surface area contributed by atoms with Crippen LogP contribution in [0.25, 0.3) is 0 Å². The number of ether oxygens (including phenoxy) is 1. The molecule has 0 unspecified atom stereocenters. The summed E-state index contributed by atoms with van der Waals surface area (Å²) >= 11 is 0. The maximum atomic E-state index is 12.0. The zero-order valence-corrected chi connectivity index (χ0v) is 12.7. The Morgan fingerprint density at radius 2 is 1.57 bits per heavy atom. The average Bonchev–Trinajstić information content (AvgIpc) is 2.60. The van der Waals surface area contributed by atoms with E-state index in [0.717, 1.165) is 0 Å². The predicted molar refractivity (Wildman–Crippen MR) is 86.4 cm³/mol. The highest BCUT2D eigenvalue weighted by atomic mass is 16.5. The minimum atomic E-state index is -0.412. The lowest BCUT2D eigenvalue weighted by Gasteiger charge is -2.07. The zero-order chi connectivity index (χ0) is 16.7. The molecule has 0 aromatic heterocycles. The van der Waals surface area contributed by atoms with Crippen LogP contribution in [-0.4, -0.2) is 24.3 Å². The Hall–Kier alpha value is -2.95. The number of carbonyl (C=O) groups excluding carboxylic acids is 3. The molecule has 23 heavy (non-hydrogen) atoms. The van der Waals surface area contributed by atoms with Gasteiger partial charge in [0.1, 0.15) is 0 Å². The Morgan fingerprint density at radius 3 is 2.17 bits per heavy atom. The van der Waals surface area contributed by atoms with Crippen molar-refractivity contribution in [3.8, 4) is 0 Å².